The fourth-order valence-corrected chi connectivity index (χ4v) is 6.33. The van der Waals surface area contributed by atoms with Crippen LogP contribution in [0.5, 0.6) is 0 Å². The molecule has 0 saturated heterocycles. The van der Waals surface area contributed by atoms with Gasteiger partial charge in [-0.25, -0.2) is 13.4 Å². The van der Waals surface area contributed by atoms with Gasteiger partial charge in [0.2, 0.25) is 5.91 Å². The van der Waals surface area contributed by atoms with Gasteiger partial charge in [-0.1, -0.05) is 73.5 Å². The Labute approximate surface area is 262 Å². The number of nitrogens with zero attached hydrogens (tertiary/aromatic N) is 2. The average molecular weight is 638 g/mol. The molecule has 0 heterocycles. The van der Waals surface area contributed by atoms with Crippen LogP contribution in [0, 0.1) is 0 Å². The molecular weight excluding hydrogens is 602 g/mol. The molecule has 12 heteroatoms. The third-order valence-corrected chi connectivity index (χ3v) is 8.87. The number of anilines is 1. The number of likely N-dealkylation sites (N-methyl/N-ethyl adjacent to an activating group) is 1. The number of carbonyl (C=O) groups is 2. The number of amidine groups is 1. The molecule has 0 atom stereocenters. The topological polar surface area (TPSA) is 154 Å². The van der Waals surface area contributed by atoms with Crippen molar-refractivity contribution in [2.24, 2.45) is 10.7 Å². The van der Waals surface area contributed by atoms with Crippen LogP contribution in [0.25, 0.3) is 10.8 Å². The first-order valence-corrected chi connectivity index (χ1v) is 16.0. The van der Waals surface area contributed by atoms with Crippen molar-refractivity contribution in [3.8, 4) is 0 Å². The minimum Gasteiger partial charge on any atom is -0.481 e. The van der Waals surface area contributed by atoms with Crippen LogP contribution < -0.4 is 15.8 Å². The number of carboxylic acids is 1. The van der Waals surface area contributed by atoms with Crippen molar-refractivity contribution in [1.29, 1.82) is 0 Å². The van der Waals surface area contributed by atoms with E-state index in [4.69, 9.17) is 17.3 Å². The number of carbonyl (C=O) groups excluding carboxylic acids is 1. The van der Waals surface area contributed by atoms with Gasteiger partial charge in [0.1, 0.15) is 11.7 Å². The second-order valence-electron chi connectivity index (χ2n) is 10.8. The molecular formula is C32H36ClN5O5S. The molecule has 0 bridgehead atoms. The highest BCUT2D eigenvalue weighted by atomic mass is 35.5. The molecule has 1 aliphatic rings. The molecule has 44 heavy (non-hydrogen) atoms. The molecule has 1 aliphatic carbocycles. The van der Waals surface area contributed by atoms with Crippen molar-refractivity contribution in [2.75, 3.05) is 18.3 Å². The van der Waals surface area contributed by atoms with Crippen LogP contribution in [0.3, 0.4) is 0 Å². The summed E-state index contributed by atoms with van der Waals surface area (Å²) in [5.74, 6) is -1.10. The van der Waals surface area contributed by atoms with Crippen molar-refractivity contribution in [2.45, 2.75) is 49.5 Å². The summed E-state index contributed by atoms with van der Waals surface area (Å²) in [6, 6.07) is 19.2. The van der Waals surface area contributed by atoms with E-state index in [1.54, 1.807) is 49.5 Å². The number of carboxylic acid groups (broad SMARTS) is 1. The van der Waals surface area contributed by atoms with Crippen LogP contribution in [0.4, 0.5) is 5.69 Å². The van der Waals surface area contributed by atoms with E-state index in [0.29, 0.717) is 5.69 Å². The number of aliphatic carboxylic acids is 1. The van der Waals surface area contributed by atoms with E-state index in [1.165, 1.54) is 4.90 Å². The van der Waals surface area contributed by atoms with Gasteiger partial charge in [-0.15, -0.1) is 0 Å². The van der Waals surface area contributed by atoms with Crippen molar-refractivity contribution < 1.29 is 23.1 Å². The Balaban J connectivity index is 1.49. The summed E-state index contributed by atoms with van der Waals surface area (Å²) in [7, 11) is -2.21. The third-order valence-electron chi connectivity index (χ3n) is 7.26. The number of allylic oxidation sites excluding steroid dienone is 1. The zero-order chi connectivity index (χ0) is 31.9. The molecule has 5 N–H and O–H groups in total. The number of nitrogens with one attached hydrogen (secondary N) is 2. The summed E-state index contributed by atoms with van der Waals surface area (Å²) >= 11 is 6.18. The van der Waals surface area contributed by atoms with Gasteiger partial charge in [0.15, 0.2) is 0 Å². The smallest absolute Gasteiger partial charge is 0.308 e. The lowest BCUT2D eigenvalue weighted by atomic mass is 10.1. The molecule has 0 unspecified atom stereocenters. The van der Waals surface area contributed by atoms with Crippen LogP contribution in [0.1, 0.15) is 37.7 Å². The Morgan fingerprint density at radius 1 is 1.07 bits per heavy atom. The molecule has 0 spiro atoms. The number of nitrogens with two attached hydrogens (primary N) is 1. The lowest BCUT2D eigenvalue weighted by Crippen LogP contribution is -2.40. The molecule has 232 valence electrons. The zero-order valence-electron chi connectivity index (χ0n) is 24.4. The van der Waals surface area contributed by atoms with E-state index >= 15 is 0 Å². The quantitative estimate of drug-likeness (QED) is 0.117. The Morgan fingerprint density at radius 2 is 1.73 bits per heavy atom. The van der Waals surface area contributed by atoms with Gasteiger partial charge >= 0.3 is 5.97 Å². The molecule has 1 fully saturated rings. The van der Waals surface area contributed by atoms with E-state index in [-0.39, 0.29) is 52.1 Å². The number of rotatable bonds is 13. The predicted molar refractivity (Wildman–Crippen MR) is 174 cm³/mol. The summed E-state index contributed by atoms with van der Waals surface area (Å²) in [5.41, 5.74) is 7.53. The third kappa shape index (κ3) is 8.84. The Kier molecular flexibility index (Phi) is 10.7. The second-order valence-corrected chi connectivity index (χ2v) is 12.9. The summed E-state index contributed by atoms with van der Waals surface area (Å²) in [6.45, 7) is 3.61. The number of benzene rings is 3. The maximum atomic E-state index is 13.0. The molecule has 10 nitrogen and oxygen atoms in total. The van der Waals surface area contributed by atoms with Gasteiger partial charge in [0, 0.05) is 35.8 Å². The number of hydrogen-bond donors (Lipinski definition) is 4. The minimum absolute atomic E-state index is 0.0231. The number of halogens is 1. The van der Waals surface area contributed by atoms with Crippen molar-refractivity contribution >= 4 is 55.8 Å². The van der Waals surface area contributed by atoms with E-state index in [2.05, 4.69) is 21.6 Å². The number of aliphatic imine (C=N–C) groups is 1. The molecule has 4 rings (SSSR count). The Morgan fingerprint density at radius 3 is 2.36 bits per heavy atom. The molecule has 1 amide bonds. The van der Waals surface area contributed by atoms with Crippen molar-refractivity contribution in [3.05, 3.63) is 95.3 Å². The minimum atomic E-state index is -3.82. The number of hydrogen-bond acceptors (Lipinski definition) is 6. The van der Waals surface area contributed by atoms with E-state index in [9.17, 15) is 23.1 Å². The maximum Gasteiger partial charge on any atom is 0.308 e. The fraction of sp³-hybridized carbons (Fsp3) is 0.281. The first kappa shape index (κ1) is 32.6. The normalized spacial score (nSPS) is 14.6. The van der Waals surface area contributed by atoms with Crippen LogP contribution >= 0.6 is 11.6 Å². The maximum absolute atomic E-state index is 13.0. The van der Waals surface area contributed by atoms with Gasteiger partial charge in [-0.3, -0.25) is 14.3 Å². The predicted octanol–water partition coefficient (Wildman–Crippen LogP) is 4.97. The highest BCUT2D eigenvalue weighted by Gasteiger charge is 2.22. The van der Waals surface area contributed by atoms with Gasteiger partial charge < -0.3 is 21.1 Å². The monoisotopic (exact) mass is 637 g/mol. The van der Waals surface area contributed by atoms with Crippen molar-refractivity contribution in [3.63, 3.8) is 0 Å². The SMILES string of the molecule is C=C(Cl)/C(CC(=O)O)=C(\N=C(N)Cc1ccc(NS(=O)(=O)c2ccc3ccccc3c2)cc1)N(C)CC(=O)NC1CCCC1. The summed E-state index contributed by atoms with van der Waals surface area (Å²) in [6.07, 6.45) is 3.69. The van der Waals surface area contributed by atoms with Crippen LogP contribution in [0.15, 0.2) is 99.6 Å². The summed E-state index contributed by atoms with van der Waals surface area (Å²) in [4.78, 5) is 30.4. The standard InChI is InChI=1S/C32H36ClN5O5S/c1-21(33)28(19-31(40)41)32(38(2)20-30(39)35-25-9-5-6-10-25)36-29(34)17-22-11-14-26(15-12-22)37-44(42,43)27-16-13-23-7-3-4-8-24(23)18-27/h3-4,7-8,11-16,18,25,37H,1,5-6,9-10,17,19-20H2,2H3,(H2,34,36)(H,35,39)(H,40,41)/b32-28+. The lowest BCUT2D eigenvalue weighted by Gasteiger charge is -2.23. The first-order chi connectivity index (χ1) is 20.9. The second kappa shape index (κ2) is 14.4. The Hall–Kier alpha value is -4.35. The number of fused-ring (bicyclic) bond motifs is 1. The fourth-order valence-electron chi connectivity index (χ4n) is 5.09. The van der Waals surface area contributed by atoms with Gasteiger partial charge in [-0.2, -0.15) is 0 Å². The van der Waals surface area contributed by atoms with Gasteiger partial charge in [0.25, 0.3) is 10.0 Å². The average Bonchev–Trinajstić information content (AvgIpc) is 3.48. The molecule has 1 saturated carbocycles. The number of sulfonamides is 1. The molecule has 3 aromatic carbocycles. The Bertz CT molecular complexity index is 1710. The molecule has 0 aromatic heterocycles. The highest BCUT2D eigenvalue weighted by molar-refractivity contribution is 7.92. The molecule has 3 aromatic rings. The van der Waals surface area contributed by atoms with E-state index < -0.39 is 22.4 Å². The van der Waals surface area contributed by atoms with Gasteiger partial charge in [0.05, 0.1) is 17.9 Å². The largest absolute Gasteiger partial charge is 0.481 e. The lowest BCUT2D eigenvalue weighted by molar-refractivity contribution is -0.136. The highest BCUT2D eigenvalue weighted by Crippen LogP contribution is 2.25. The van der Waals surface area contributed by atoms with Crippen LogP contribution in [-0.2, 0) is 26.0 Å². The molecule has 0 radical (unpaired) electrons. The summed E-state index contributed by atoms with van der Waals surface area (Å²) in [5, 5.41) is 14.2. The van der Waals surface area contributed by atoms with Crippen LogP contribution in [0.2, 0.25) is 0 Å². The summed E-state index contributed by atoms with van der Waals surface area (Å²) < 4.78 is 28.6. The van der Waals surface area contributed by atoms with E-state index in [0.717, 1.165) is 42.0 Å². The van der Waals surface area contributed by atoms with Crippen molar-refractivity contribution in [1.82, 2.24) is 10.2 Å². The van der Waals surface area contributed by atoms with Gasteiger partial charge in [-0.05, 0) is 53.4 Å². The van der Waals surface area contributed by atoms with E-state index in [1.807, 2.05) is 24.3 Å². The molecule has 0 aliphatic heterocycles. The van der Waals surface area contributed by atoms with Crippen LogP contribution in [-0.4, -0.2) is 55.8 Å². The zero-order valence-corrected chi connectivity index (χ0v) is 26.0. The number of amides is 1. The first-order valence-electron chi connectivity index (χ1n) is 14.1.